The molecular formula is C15H19ClN2S. The van der Waals surface area contributed by atoms with Gasteiger partial charge in [-0.15, -0.1) is 11.3 Å². The number of hydrogen-bond donors (Lipinski definition) is 1. The number of nitrogens with zero attached hydrogens (tertiary/aromatic N) is 1. The molecule has 102 valence electrons. The average Bonchev–Trinajstić information content (AvgIpc) is 2.78. The molecule has 0 bridgehead atoms. The number of thiazole rings is 1. The average molecular weight is 295 g/mol. The van der Waals surface area contributed by atoms with Crippen molar-refractivity contribution in [2.45, 2.75) is 19.8 Å². The minimum absolute atomic E-state index is 0.520. The van der Waals surface area contributed by atoms with Crippen molar-refractivity contribution in [3.05, 3.63) is 50.9 Å². The van der Waals surface area contributed by atoms with Crippen LogP contribution in [0.25, 0.3) is 0 Å². The van der Waals surface area contributed by atoms with E-state index in [1.807, 2.05) is 25.2 Å². The topological polar surface area (TPSA) is 24.9 Å². The molecule has 0 aliphatic carbocycles. The fourth-order valence-electron chi connectivity index (χ4n) is 2.28. The SMILES string of the molecule is CNCC(Cc1csc(C)n1)Cc1ccccc1Cl. The van der Waals surface area contributed by atoms with Crippen LogP contribution in [0, 0.1) is 12.8 Å². The Kier molecular flexibility index (Phi) is 5.37. The number of hydrogen-bond acceptors (Lipinski definition) is 3. The molecule has 0 radical (unpaired) electrons. The third kappa shape index (κ3) is 4.30. The van der Waals surface area contributed by atoms with Gasteiger partial charge in [0.15, 0.2) is 0 Å². The molecule has 2 nitrogen and oxygen atoms in total. The summed E-state index contributed by atoms with van der Waals surface area (Å²) < 4.78 is 0. The molecule has 0 aliphatic rings. The van der Waals surface area contributed by atoms with Crippen molar-refractivity contribution in [1.29, 1.82) is 0 Å². The largest absolute Gasteiger partial charge is 0.319 e. The molecule has 2 rings (SSSR count). The van der Waals surface area contributed by atoms with Crippen LogP contribution in [0.15, 0.2) is 29.6 Å². The third-order valence-corrected chi connectivity index (χ3v) is 4.31. The van der Waals surface area contributed by atoms with Gasteiger partial charge in [-0.3, -0.25) is 0 Å². The summed E-state index contributed by atoms with van der Waals surface area (Å²) in [6, 6.07) is 8.09. The lowest BCUT2D eigenvalue weighted by molar-refractivity contribution is 0.489. The minimum atomic E-state index is 0.520. The van der Waals surface area contributed by atoms with Crippen molar-refractivity contribution < 1.29 is 0 Å². The van der Waals surface area contributed by atoms with Crippen LogP contribution >= 0.6 is 22.9 Å². The van der Waals surface area contributed by atoms with Crippen molar-refractivity contribution in [1.82, 2.24) is 10.3 Å². The lowest BCUT2D eigenvalue weighted by atomic mass is 9.95. The molecule has 0 aliphatic heterocycles. The van der Waals surface area contributed by atoms with Gasteiger partial charge in [0.2, 0.25) is 0 Å². The van der Waals surface area contributed by atoms with Gasteiger partial charge in [0.1, 0.15) is 0 Å². The monoisotopic (exact) mass is 294 g/mol. The summed E-state index contributed by atoms with van der Waals surface area (Å²) in [4.78, 5) is 4.55. The van der Waals surface area contributed by atoms with E-state index in [1.54, 1.807) is 11.3 Å². The van der Waals surface area contributed by atoms with Crippen molar-refractivity contribution in [3.63, 3.8) is 0 Å². The highest BCUT2D eigenvalue weighted by molar-refractivity contribution is 7.09. The van der Waals surface area contributed by atoms with Crippen molar-refractivity contribution in [2.24, 2.45) is 5.92 Å². The number of aromatic nitrogens is 1. The molecule has 1 N–H and O–H groups in total. The van der Waals surface area contributed by atoms with Gasteiger partial charge in [0, 0.05) is 10.4 Å². The van der Waals surface area contributed by atoms with Crippen molar-refractivity contribution in [2.75, 3.05) is 13.6 Å². The first-order valence-corrected chi connectivity index (χ1v) is 7.74. The van der Waals surface area contributed by atoms with Crippen molar-refractivity contribution >= 4 is 22.9 Å². The maximum absolute atomic E-state index is 6.24. The molecule has 1 aromatic heterocycles. The lowest BCUT2D eigenvalue weighted by Crippen LogP contribution is -2.23. The highest BCUT2D eigenvalue weighted by atomic mass is 35.5. The zero-order chi connectivity index (χ0) is 13.7. The first kappa shape index (κ1) is 14.5. The van der Waals surface area contributed by atoms with Crippen LogP contribution in [0.4, 0.5) is 0 Å². The Morgan fingerprint density at radius 2 is 2.11 bits per heavy atom. The molecule has 1 atom stereocenters. The Balaban J connectivity index is 2.06. The van der Waals surface area contributed by atoms with Crippen LogP contribution < -0.4 is 5.32 Å². The standard InChI is InChI=1S/C15H19ClN2S/c1-11-18-14(10-19-11)8-12(9-17-2)7-13-5-3-4-6-15(13)16/h3-6,10,12,17H,7-9H2,1-2H3. The van der Waals surface area contributed by atoms with E-state index in [4.69, 9.17) is 11.6 Å². The molecule has 1 unspecified atom stereocenters. The van der Waals surface area contributed by atoms with Gasteiger partial charge in [0.25, 0.3) is 0 Å². The van der Waals surface area contributed by atoms with E-state index in [0.29, 0.717) is 5.92 Å². The highest BCUT2D eigenvalue weighted by Gasteiger charge is 2.13. The quantitative estimate of drug-likeness (QED) is 0.878. The molecule has 1 heterocycles. The van der Waals surface area contributed by atoms with Crippen LogP contribution in [0.3, 0.4) is 0 Å². The fraction of sp³-hybridized carbons (Fsp3) is 0.400. The maximum Gasteiger partial charge on any atom is 0.0897 e. The number of benzene rings is 1. The van der Waals surface area contributed by atoms with Crippen molar-refractivity contribution in [3.8, 4) is 0 Å². The lowest BCUT2D eigenvalue weighted by Gasteiger charge is -2.16. The molecule has 1 aromatic carbocycles. The van der Waals surface area contributed by atoms with Gasteiger partial charge in [0.05, 0.1) is 10.7 Å². The summed E-state index contributed by atoms with van der Waals surface area (Å²) in [6.07, 6.45) is 1.98. The highest BCUT2D eigenvalue weighted by Crippen LogP contribution is 2.21. The fourth-order valence-corrected chi connectivity index (χ4v) is 3.12. The summed E-state index contributed by atoms with van der Waals surface area (Å²) in [5, 5.41) is 7.42. The second-order valence-electron chi connectivity index (χ2n) is 4.78. The maximum atomic E-state index is 6.24. The van der Waals surface area contributed by atoms with Crippen LogP contribution in [-0.2, 0) is 12.8 Å². The van der Waals surface area contributed by atoms with Crippen LogP contribution in [-0.4, -0.2) is 18.6 Å². The zero-order valence-corrected chi connectivity index (χ0v) is 12.9. The Morgan fingerprint density at radius 1 is 1.32 bits per heavy atom. The van der Waals surface area contributed by atoms with E-state index in [2.05, 4.69) is 28.7 Å². The predicted octanol–water partition coefficient (Wildman–Crippen LogP) is 3.73. The van der Waals surface area contributed by atoms with Gasteiger partial charge in [-0.1, -0.05) is 29.8 Å². The second-order valence-corrected chi connectivity index (χ2v) is 6.25. The van der Waals surface area contributed by atoms with E-state index in [0.717, 1.165) is 29.4 Å². The second kappa shape index (κ2) is 7.04. The Labute approximate surface area is 123 Å². The smallest absolute Gasteiger partial charge is 0.0897 e. The number of aryl methyl sites for hydroxylation is 1. The third-order valence-electron chi connectivity index (χ3n) is 3.12. The predicted molar refractivity (Wildman–Crippen MR) is 83.1 cm³/mol. The van der Waals surface area contributed by atoms with E-state index in [1.165, 1.54) is 11.3 Å². The van der Waals surface area contributed by atoms with Gasteiger partial charge < -0.3 is 5.32 Å². The normalized spacial score (nSPS) is 12.6. The Morgan fingerprint density at radius 3 is 2.74 bits per heavy atom. The summed E-state index contributed by atoms with van der Waals surface area (Å²) >= 11 is 7.96. The van der Waals surface area contributed by atoms with E-state index in [-0.39, 0.29) is 0 Å². The Bertz CT molecular complexity index is 524. The van der Waals surface area contributed by atoms with E-state index in [9.17, 15) is 0 Å². The van der Waals surface area contributed by atoms with E-state index >= 15 is 0 Å². The minimum Gasteiger partial charge on any atom is -0.319 e. The van der Waals surface area contributed by atoms with Crippen LogP contribution in [0.2, 0.25) is 5.02 Å². The molecule has 0 fully saturated rings. The molecule has 0 saturated heterocycles. The van der Waals surface area contributed by atoms with Gasteiger partial charge in [-0.05, 0) is 50.9 Å². The molecule has 2 aromatic rings. The molecule has 4 heteroatoms. The molecule has 0 spiro atoms. The summed E-state index contributed by atoms with van der Waals surface area (Å²) in [6.45, 7) is 3.02. The molecule has 0 amide bonds. The van der Waals surface area contributed by atoms with Crippen LogP contribution in [0.1, 0.15) is 16.3 Å². The molecule has 0 saturated carbocycles. The zero-order valence-electron chi connectivity index (χ0n) is 11.3. The Hall–Kier alpha value is -0.900. The summed E-state index contributed by atoms with van der Waals surface area (Å²) in [5.74, 6) is 0.520. The van der Waals surface area contributed by atoms with Gasteiger partial charge >= 0.3 is 0 Å². The molecule has 19 heavy (non-hydrogen) atoms. The molecular weight excluding hydrogens is 276 g/mol. The van der Waals surface area contributed by atoms with Gasteiger partial charge in [-0.25, -0.2) is 4.98 Å². The van der Waals surface area contributed by atoms with Crippen LogP contribution in [0.5, 0.6) is 0 Å². The summed E-state index contributed by atoms with van der Waals surface area (Å²) in [7, 11) is 1.99. The first-order chi connectivity index (χ1) is 9.19. The van der Waals surface area contributed by atoms with Gasteiger partial charge in [-0.2, -0.15) is 0 Å². The van der Waals surface area contributed by atoms with E-state index < -0.39 is 0 Å². The first-order valence-electron chi connectivity index (χ1n) is 6.48. The number of nitrogens with one attached hydrogen (secondary N) is 1. The summed E-state index contributed by atoms with van der Waals surface area (Å²) in [5.41, 5.74) is 2.41. The number of halogens is 1. The number of rotatable bonds is 6.